The van der Waals surface area contributed by atoms with Gasteiger partial charge in [0.25, 0.3) is 0 Å². The Kier molecular flexibility index (Phi) is 15.4. The fourth-order valence-electron chi connectivity index (χ4n) is 6.08. The van der Waals surface area contributed by atoms with Crippen LogP contribution in [0.2, 0.25) is 0 Å². The van der Waals surface area contributed by atoms with E-state index >= 15 is 0 Å². The zero-order valence-corrected chi connectivity index (χ0v) is 40.6. The first-order valence-electron chi connectivity index (χ1n) is 15.6. The second-order valence-corrected chi connectivity index (χ2v) is 14.7. The van der Waals surface area contributed by atoms with E-state index in [2.05, 4.69) is 20.4 Å². The Balaban J connectivity index is 0.00000186. The Hall–Kier alpha value is -2.54. The van der Waals surface area contributed by atoms with Crippen LogP contribution in [0, 0.1) is 0 Å². The summed E-state index contributed by atoms with van der Waals surface area (Å²) in [6, 6.07) is 22.6. The molecule has 22 heteroatoms. The van der Waals surface area contributed by atoms with Gasteiger partial charge in [0.1, 0.15) is 22.1 Å². The maximum atomic E-state index is 12.4. The average Bonchev–Trinajstić information content (AvgIpc) is 3.78. The number of fused-ring (bicyclic) bond motifs is 6. The first-order valence-corrected chi connectivity index (χ1v) is 18.4. The fraction of sp³-hybridized carbons (Fsp3) is 0. The van der Waals surface area contributed by atoms with Gasteiger partial charge in [-0.1, -0.05) is 36.4 Å². The second-order valence-electron chi connectivity index (χ2n) is 12.0. The van der Waals surface area contributed by atoms with Crippen LogP contribution in [-0.2, 0) is 29.4 Å². The third-order valence-corrected chi connectivity index (χ3v) is 10.4. The molecule has 8 rings (SSSR count). The van der Waals surface area contributed by atoms with Gasteiger partial charge in [-0.2, -0.15) is 9.59 Å². The minimum atomic E-state index is -5.13. The van der Waals surface area contributed by atoms with Crippen LogP contribution in [0.5, 0.6) is 0 Å². The van der Waals surface area contributed by atoms with Crippen LogP contribution in [0.3, 0.4) is 0 Å². The molecular weight excluding hydrogens is 833 g/mol. The smallest absolute Gasteiger partial charge is 0.612 e. The van der Waals surface area contributed by atoms with Crippen molar-refractivity contribution in [3.05, 3.63) is 119 Å². The molecule has 0 fully saturated rings. The summed E-state index contributed by atoms with van der Waals surface area (Å²) in [6.45, 7) is 0. The van der Waals surface area contributed by atoms with Gasteiger partial charge in [-0.3, -0.25) is 0 Å². The van der Waals surface area contributed by atoms with Crippen LogP contribution in [-0.4, -0.2) is 60.1 Å². The molecule has 268 valence electrons. The van der Waals surface area contributed by atoms with Crippen LogP contribution in [0.1, 0.15) is 31.8 Å². The molecule has 0 atom stereocenters. The summed E-state index contributed by atoms with van der Waals surface area (Å²) in [7, 11) is -10.3. The van der Waals surface area contributed by atoms with E-state index in [0.29, 0.717) is 43.6 Å². The second kappa shape index (κ2) is 18.6. The number of nitrogens with zero attached hydrogens (tertiary/aromatic N) is 6. The summed E-state index contributed by atoms with van der Waals surface area (Å²) < 4.78 is 74.6. The van der Waals surface area contributed by atoms with E-state index < -0.39 is 42.7 Å². The van der Waals surface area contributed by atoms with Gasteiger partial charge < -0.3 is 38.0 Å². The van der Waals surface area contributed by atoms with E-state index in [4.69, 9.17) is 0 Å². The molecule has 0 aliphatic heterocycles. The Morgan fingerprint density at radius 3 is 1.22 bits per heavy atom. The first kappa shape index (κ1) is 48.1. The van der Waals surface area contributed by atoms with Gasteiger partial charge in [0.2, 0.25) is 0 Å². The van der Waals surface area contributed by atoms with Crippen LogP contribution in [0.4, 0.5) is 0 Å². The number of rotatable bonds is 8. The van der Waals surface area contributed by atoms with E-state index in [1.807, 2.05) is 0 Å². The molecule has 0 spiro atoms. The number of carbonyl (C=O) groups excluding carboxylic acids is 2. The van der Waals surface area contributed by atoms with Crippen molar-refractivity contribution in [1.29, 1.82) is 0 Å². The quantitative estimate of drug-likeness (QED) is 0.0781. The zero-order valence-electron chi connectivity index (χ0n) is 31.0. The Morgan fingerprint density at radius 1 is 0.500 bits per heavy atom. The summed E-state index contributed by atoms with van der Waals surface area (Å²) in [5, 5.41) is 42.4. The van der Waals surface area contributed by atoms with Crippen LogP contribution in [0.25, 0.3) is 67.1 Å². The number of carboxylic acid groups (broad SMARTS) is 2. The molecule has 16 nitrogen and oxygen atoms in total. The zero-order chi connectivity index (χ0) is 38.1. The number of benzene rings is 6. The normalized spacial score (nSPS) is 11.6. The van der Waals surface area contributed by atoms with Crippen LogP contribution < -0.4 is 128 Å². The summed E-state index contributed by atoms with van der Waals surface area (Å²) >= 11 is 0. The van der Waals surface area contributed by atoms with Crippen molar-refractivity contribution in [2.45, 2.75) is 9.79 Å². The largest absolute Gasteiger partial charge is 1.00 e. The third kappa shape index (κ3) is 9.50. The van der Waals surface area contributed by atoms with Gasteiger partial charge in [0.15, 0.2) is 9.79 Å². The minimum Gasteiger partial charge on any atom is -0.612 e. The number of carboxylic acids is 2. The number of hydrogen-bond acceptors (Lipinski definition) is 14. The van der Waals surface area contributed by atoms with Crippen molar-refractivity contribution in [2.24, 2.45) is 0 Å². The molecule has 0 saturated carbocycles. The number of carbonyl (C=O) groups is 2. The van der Waals surface area contributed by atoms with Gasteiger partial charge >= 0.3 is 118 Å². The van der Waals surface area contributed by atoms with Crippen LogP contribution in [0.15, 0.2) is 107 Å². The van der Waals surface area contributed by atoms with Crippen molar-refractivity contribution >= 4 is 88.7 Å². The molecule has 0 aliphatic carbocycles. The molecule has 0 N–H and O–H groups in total. The molecule has 8 aromatic rings. The van der Waals surface area contributed by atoms with Crippen molar-refractivity contribution in [2.75, 3.05) is 0 Å². The van der Waals surface area contributed by atoms with E-state index in [-0.39, 0.29) is 152 Å². The van der Waals surface area contributed by atoms with E-state index in [1.165, 1.54) is 60.7 Å². The van der Waals surface area contributed by atoms with Gasteiger partial charge in [0, 0.05) is 55.0 Å². The summed E-state index contributed by atoms with van der Waals surface area (Å²) in [5.41, 5.74) is 1.41. The molecule has 0 radical (unpaired) electrons. The van der Waals surface area contributed by atoms with E-state index in [9.17, 15) is 46.4 Å². The van der Waals surface area contributed by atoms with Crippen molar-refractivity contribution in [3.8, 4) is 11.4 Å². The van der Waals surface area contributed by atoms with Gasteiger partial charge in [-0.05, 0) is 82.6 Å². The SMILES string of the molecule is O=C([O-])c1ccc2c(ccc3nn(-c4ccc(/C=C/c5ccc(-n6nc7ccc8cc(C(=O)[O-])ccc8c7n6)cc5[S+](=O)([O-])[O-])c([S+](=O)([O-])[O-])c4)nc32)c1.[Na+].[Na+].[Na+].[Na+]. The average molecular weight is 851 g/mol. The summed E-state index contributed by atoms with van der Waals surface area (Å²) in [4.78, 5) is 23.4. The monoisotopic (exact) mass is 850 g/mol. The fourth-order valence-corrected chi connectivity index (χ4v) is 7.46. The van der Waals surface area contributed by atoms with E-state index in [0.717, 1.165) is 21.7 Å². The van der Waals surface area contributed by atoms with Gasteiger partial charge in [-0.15, -0.1) is 28.8 Å². The summed E-state index contributed by atoms with van der Waals surface area (Å²) in [5.74, 6) is -2.70. The maximum Gasteiger partial charge on any atom is 1.00 e. The molecule has 0 unspecified atom stereocenters. The molecule has 0 aliphatic rings. The Bertz CT molecular complexity index is 2850. The predicted octanol–water partition coefficient (Wildman–Crippen LogP) is -9.39. The van der Waals surface area contributed by atoms with Crippen molar-refractivity contribution in [1.82, 2.24) is 30.0 Å². The molecule has 58 heavy (non-hydrogen) atoms. The van der Waals surface area contributed by atoms with Gasteiger partial charge in [0.05, 0.1) is 23.3 Å². The molecule has 0 saturated heterocycles. The molecule has 0 bridgehead atoms. The topological polar surface area (TPSA) is 268 Å². The minimum absolute atomic E-state index is 0. The van der Waals surface area contributed by atoms with Gasteiger partial charge in [-0.25, -0.2) is 0 Å². The molecular formula is C36H18N6Na4O10S2. The molecule has 2 aromatic heterocycles. The molecule has 2 heterocycles. The number of hydrogen-bond donors (Lipinski definition) is 0. The molecule has 6 aromatic carbocycles. The van der Waals surface area contributed by atoms with Crippen molar-refractivity contribution in [3.63, 3.8) is 0 Å². The number of aromatic nitrogens is 6. The third-order valence-electron chi connectivity index (χ3n) is 8.64. The number of aromatic carboxylic acids is 2. The first-order chi connectivity index (χ1) is 25.6. The van der Waals surface area contributed by atoms with E-state index in [1.54, 1.807) is 36.4 Å². The standard InChI is InChI=1S/C36H20N6O10S2.4Na/c43-35(44)23-5-11-27-21(15-23)7-13-29-33(27)39-41(37-29)25-9-3-19(31(17-25)53(47,48)49)1-2-20-4-10-26(18-32(20)54(50,51)52)42-38-30-14-8-22-16-24(36(45)46)6-12-28(22)34(30)40-42;;;;/h1-18H,(H2-4,43,44,45,46,47,48,49,50,51,52);;;;/q-2;4*+1/p-2/b2-1+;;;;. The maximum absolute atomic E-state index is 12.4. The van der Waals surface area contributed by atoms with Crippen LogP contribution >= 0.6 is 0 Å². The Labute approximate surface area is 418 Å². The molecule has 0 amide bonds. The van der Waals surface area contributed by atoms with Crippen molar-refractivity contribution < 1.29 is 165 Å². The summed E-state index contributed by atoms with van der Waals surface area (Å²) in [6.07, 6.45) is 2.34. The Morgan fingerprint density at radius 2 is 0.879 bits per heavy atom. The predicted molar refractivity (Wildman–Crippen MR) is 186 cm³/mol.